The Balaban J connectivity index is 1.64. The van der Waals surface area contributed by atoms with E-state index in [0.717, 1.165) is 22.4 Å². The van der Waals surface area contributed by atoms with Gasteiger partial charge in [-0.2, -0.15) is 0 Å². The molecule has 2 N–H and O–H groups in total. The highest BCUT2D eigenvalue weighted by Crippen LogP contribution is 2.21. The SMILES string of the molecule is COCCN(Cc1nc(C(=O)NCc2cccnc2)cs1)C(=O)Nc1c(C)cccc1C. The molecule has 3 amide bonds. The summed E-state index contributed by atoms with van der Waals surface area (Å²) in [4.78, 5) is 35.5. The number of rotatable bonds is 9. The maximum atomic E-state index is 13.0. The van der Waals surface area contributed by atoms with Crippen molar-refractivity contribution < 1.29 is 14.3 Å². The van der Waals surface area contributed by atoms with Gasteiger partial charge in [0.15, 0.2) is 0 Å². The van der Waals surface area contributed by atoms with Crippen LogP contribution < -0.4 is 10.6 Å². The number of methoxy groups -OCH3 is 1. The van der Waals surface area contributed by atoms with Crippen LogP contribution in [0.4, 0.5) is 10.5 Å². The number of carbonyl (C=O) groups is 2. The molecule has 0 fully saturated rings. The first-order valence-corrected chi connectivity index (χ1v) is 11.1. The van der Waals surface area contributed by atoms with Gasteiger partial charge in [-0.05, 0) is 36.6 Å². The number of anilines is 1. The zero-order chi connectivity index (χ0) is 22.9. The molecule has 0 spiro atoms. The average molecular weight is 454 g/mol. The Kier molecular flexibility index (Phi) is 8.29. The van der Waals surface area contributed by atoms with Crippen molar-refractivity contribution in [2.45, 2.75) is 26.9 Å². The lowest BCUT2D eigenvalue weighted by molar-refractivity contribution is 0.0946. The van der Waals surface area contributed by atoms with Gasteiger partial charge in [0.25, 0.3) is 5.91 Å². The Morgan fingerprint density at radius 2 is 1.94 bits per heavy atom. The minimum Gasteiger partial charge on any atom is -0.383 e. The number of para-hydroxylation sites is 1. The molecule has 0 saturated heterocycles. The van der Waals surface area contributed by atoms with E-state index in [9.17, 15) is 9.59 Å². The molecule has 0 radical (unpaired) electrons. The molecule has 3 rings (SSSR count). The van der Waals surface area contributed by atoms with Crippen LogP contribution in [-0.4, -0.2) is 47.1 Å². The van der Waals surface area contributed by atoms with E-state index in [4.69, 9.17) is 4.74 Å². The van der Waals surface area contributed by atoms with Gasteiger partial charge in [-0.15, -0.1) is 11.3 Å². The Morgan fingerprint density at radius 1 is 1.16 bits per heavy atom. The molecule has 0 aliphatic rings. The number of carbonyl (C=O) groups excluding carboxylic acids is 2. The summed E-state index contributed by atoms with van der Waals surface area (Å²) in [5.74, 6) is -0.264. The van der Waals surface area contributed by atoms with E-state index in [1.807, 2.05) is 44.2 Å². The van der Waals surface area contributed by atoms with Crippen molar-refractivity contribution in [1.82, 2.24) is 20.2 Å². The number of hydrogen-bond acceptors (Lipinski definition) is 6. The van der Waals surface area contributed by atoms with Gasteiger partial charge >= 0.3 is 6.03 Å². The van der Waals surface area contributed by atoms with Crippen LogP contribution in [0.5, 0.6) is 0 Å². The van der Waals surface area contributed by atoms with E-state index in [2.05, 4.69) is 20.6 Å². The van der Waals surface area contributed by atoms with Crippen LogP contribution in [0.15, 0.2) is 48.1 Å². The van der Waals surface area contributed by atoms with Crippen molar-refractivity contribution in [2.24, 2.45) is 0 Å². The third kappa shape index (κ3) is 6.35. The van der Waals surface area contributed by atoms with Gasteiger partial charge in [-0.3, -0.25) is 9.78 Å². The number of amides is 3. The number of urea groups is 1. The van der Waals surface area contributed by atoms with E-state index in [1.165, 1.54) is 11.3 Å². The Bertz CT molecular complexity index is 1030. The second-order valence-corrected chi connectivity index (χ2v) is 8.22. The summed E-state index contributed by atoms with van der Waals surface area (Å²) < 4.78 is 5.17. The van der Waals surface area contributed by atoms with Gasteiger partial charge in [0.2, 0.25) is 0 Å². The van der Waals surface area contributed by atoms with Crippen LogP contribution in [0.25, 0.3) is 0 Å². The van der Waals surface area contributed by atoms with Crippen molar-refractivity contribution in [2.75, 3.05) is 25.6 Å². The number of hydrogen-bond donors (Lipinski definition) is 2. The smallest absolute Gasteiger partial charge is 0.322 e. The van der Waals surface area contributed by atoms with E-state index in [0.29, 0.717) is 30.4 Å². The number of nitrogens with zero attached hydrogens (tertiary/aromatic N) is 3. The standard InChI is InChI=1S/C23H27N5O3S/c1-16-6-4-7-17(2)21(16)27-23(30)28(10-11-31-3)14-20-26-19(15-32-20)22(29)25-13-18-8-5-9-24-12-18/h4-9,12,15H,10-11,13-14H2,1-3H3,(H,25,29)(H,27,30). The fourth-order valence-corrected chi connectivity index (χ4v) is 3.87. The Morgan fingerprint density at radius 3 is 2.62 bits per heavy atom. The van der Waals surface area contributed by atoms with Crippen molar-refractivity contribution in [1.29, 1.82) is 0 Å². The molecule has 1 aromatic carbocycles. The van der Waals surface area contributed by atoms with Gasteiger partial charge < -0.3 is 20.3 Å². The number of benzene rings is 1. The number of pyridine rings is 1. The summed E-state index contributed by atoms with van der Waals surface area (Å²) in [6.07, 6.45) is 3.39. The number of aromatic nitrogens is 2. The van der Waals surface area contributed by atoms with Crippen LogP contribution in [0.1, 0.15) is 32.2 Å². The molecule has 0 saturated carbocycles. The van der Waals surface area contributed by atoms with Crippen molar-refractivity contribution in [3.05, 3.63) is 75.5 Å². The van der Waals surface area contributed by atoms with E-state index < -0.39 is 0 Å². The lowest BCUT2D eigenvalue weighted by Crippen LogP contribution is -2.37. The summed E-state index contributed by atoms with van der Waals surface area (Å²) in [7, 11) is 1.59. The van der Waals surface area contributed by atoms with E-state index >= 15 is 0 Å². The highest BCUT2D eigenvalue weighted by Gasteiger charge is 2.19. The molecule has 0 bridgehead atoms. The molecule has 0 atom stereocenters. The summed E-state index contributed by atoms with van der Waals surface area (Å²) in [6.45, 7) is 5.36. The number of thiazole rings is 1. The summed E-state index contributed by atoms with van der Waals surface area (Å²) in [5, 5.41) is 8.21. The molecule has 0 aliphatic heterocycles. The molecule has 168 valence electrons. The van der Waals surface area contributed by atoms with E-state index in [1.54, 1.807) is 29.8 Å². The van der Waals surface area contributed by atoms with Crippen LogP contribution in [0.2, 0.25) is 0 Å². The second kappa shape index (κ2) is 11.4. The van der Waals surface area contributed by atoms with Gasteiger partial charge in [0.05, 0.1) is 13.2 Å². The van der Waals surface area contributed by atoms with Crippen molar-refractivity contribution in [3.8, 4) is 0 Å². The summed E-state index contributed by atoms with van der Waals surface area (Å²) in [6, 6.07) is 9.35. The maximum absolute atomic E-state index is 13.0. The largest absolute Gasteiger partial charge is 0.383 e. The summed E-state index contributed by atoms with van der Waals surface area (Å²) in [5.41, 5.74) is 4.02. The molecule has 3 aromatic rings. The number of ether oxygens (including phenoxy) is 1. The zero-order valence-electron chi connectivity index (χ0n) is 18.4. The first kappa shape index (κ1) is 23.4. The summed E-state index contributed by atoms with van der Waals surface area (Å²) >= 11 is 1.34. The first-order chi connectivity index (χ1) is 15.5. The van der Waals surface area contributed by atoms with Crippen molar-refractivity contribution in [3.63, 3.8) is 0 Å². The quantitative estimate of drug-likeness (QED) is 0.514. The zero-order valence-corrected chi connectivity index (χ0v) is 19.2. The molecule has 2 heterocycles. The van der Waals surface area contributed by atoms with Crippen LogP contribution in [0.3, 0.4) is 0 Å². The lowest BCUT2D eigenvalue weighted by Gasteiger charge is -2.23. The minimum atomic E-state index is -0.264. The molecular formula is C23H27N5O3S. The predicted octanol–water partition coefficient (Wildman–Crippen LogP) is 3.77. The van der Waals surface area contributed by atoms with Crippen LogP contribution >= 0.6 is 11.3 Å². The van der Waals surface area contributed by atoms with Gasteiger partial charge in [-0.1, -0.05) is 24.3 Å². The average Bonchev–Trinajstić information content (AvgIpc) is 3.27. The molecule has 9 heteroatoms. The highest BCUT2D eigenvalue weighted by atomic mass is 32.1. The number of nitrogens with one attached hydrogen (secondary N) is 2. The molecule has 8 nitrogen and oxygen atoms in total. The minimum absolute atomic E-state index is 0.239. The normalized spacial score (nSPS) is 10.6. The molecular weight excluding hydrogens is 426 g/mol. The van der Waals surface area contributed by atoms with E-state index in [-0.39, 0.29) is 18.5 Å². The molecule has 32 heavy (non-hydrogen) atoms. The monoisotopic (exact) mass is 453 g/mol. The predicted molar refractivity (Wildman–Crippen MR) is 125 cm³/mol. The lowest BCUT2D eigenvalue weighted by atomic mass is 10.1. The molecule has 2 aromatic heterocycles. The maximum Gasteiger partial charge on any atom is 0.322 e. The van der Waals surface area contributed by atoms with Crippen LogP contribution in [0, 0.1) is 13.8 Å². The third-order valence-electron chi connectivity index (χ3n) is 4.85. The van der Waals surface area contributed by atoms with Gasteiger partial charge in [-0.25, -0.2) is 9.78 Å². The van der Waals surface area contributed by atoms with Gasteiger partial charge in [0.1, 0.15) is 10.7 Å². The first-order valence-electron chi connectivity index (χ1n) is 10.2. The Labute approximate surface area is 191 Å². The third-order valence-corrected chi connectivity index (χ3v) is 5.69. The van der Waals surface area contributed by atoms with Crippen LogP contribution in [-0.2, 0) is 17.8 Å². The van der Waals surface area contributed by atoms with Gasteiger partial charge in [0, 0.05) is 43.7 Å². The Hall–Kier alpha value is -3.30. The fourth-order valence-electron chi connectivity index (χ4n) is 3.08. The molecule has 0 unspecified atom stereocenters. The molecule has 0 aliphatic carbocycles. The topological polar surface area (TPSA) is 96.4 Å². The van der Waals surface area contributed by atoms with Crippen molar-refractivity contribution >= 4 is 29.0 Å². The highest BCUT2D eigenvalue weighted by molar-refractivity contribution is 7.09. The fraction of sp³-hybridized carbons (Fsp3) is 0.304. The second-order valence-electron chi connectivity index (χ2n) is 7.28. The number of aryl methyl sites for hydroxylation is 2.